The summed E-state index contributed by atoms with van der Waals surface area (Å²) in [7, 11) is 0. The maximum Gasteiger partial charge on any atom is 0.228 e. The lowest BCUT2D eigenvalue weighted by Crippen LogP contribution is -2.10. The number of aromatic nitrogens is 1. The zero-order valence-electron chi connectivity index (χ0n) is 6.68. The van der Waals surface area contributed by atoms with E-state index in [4.69, 9.17) is 4.52 Å². The summed E-state index contributed by atoms with van der Waals surface area (Å²) in [6.07, 6.45) is 3.29. The predicted octanol–water partition coefficient (Wildman–Crippen LogP) is 1.60. The third-order valence-corrected chi connectivity index (χ3v) is 2.09. The van der Waals surface area contributed by atoms with Crippen LogP contribution in [0.4, 0.5) is 5.88 Å². The van der Waals surface area contributed by atoms with Crippen LogP contribution in [0.3, 0.4) is 0 Å². The highest BCUT2D eigenvalue weighted by Gasteiger charge is 2.16. The standard InChI is InChI=1S/C8H12N2O/c1-2-7-6-4-3-5-9-8(6)11-10-7/h9H,2-5H2,1H3. The molecule has 0 saturated heterocycles. The van der Waals surface area contributed by atoms with Gasteiger partial charge < -0.3 is 9.84 Å². The van der Waals surface area contributed by atoms with Gasteiger partial charge in [0.15, 0.2) is 0 Å². The highest BCUT2D eigenvalue weighted by atomic mass is 16.5. The number of hydrogen-bond donors (Lipinski definition) is 1. The molecule has 2 heterocycles. The fourth-order valence-electron chi connectivity index (χ4n) is 1.48. The summed E-state index contributed by atoms with van der Waals surface area (Å²) in [6, 6.07) is 0. The number of nitrogens with zero attached hydrogens (tertiary/aromatic N) is 1. The molecule has 60 valence electrons. The Bertz CT molecular complexity index is 241. The van der Waals surface area contributed by atoms with E-state index in [2.05, 4.69) is 17.4 Å². The zero-order chi connectivity index (χ0) is 7.68. The van der Waals surface area contributed by atoms with E-state index in [0.29, 0.717) is 0 Å². The number of fused-ring (bicyclic) bond motifs is 1. The molecule has 0 unspecified atom stereocenters. The Morgan fingerprint density at radius 1 is 1.64 bits per heavy atom. The van der Waals surface area contributed by atoms with Crippen LogP contribution in [0.1, 0.15) is 24.6 Å². The third-order valence-electron chi connectivity index (χ3n) is 2.09. The van der Waals surface area contributed by atoms with Gasteiger partial charge in [0, 0.05) is 12.1 Å². The summed E-state index contributed by atoms with van der Waals surface area (Å²) in [4.78, 5) is 0. The van der Waals surface area contributed by atoms with Crippen molar-refractivity contribution in [3.63, 3.8) is 0 Å². The van der Waals surface area contributed by atoms with Crippen molar-refractivity contribution in [1.82, 2.24) is 5.16 Å². The van der Waals surface area contributed by atoms with Gasteiger partial charge in [0.1, 0.15) is 0 Å². The molecule has 0 atom stereocenters. The lowest BCUT2D eigenvalue weighted by Gasteiger charge is -2.10. The summed E-state index contributed by atoms with van der Waals surface area (Å²) < 4.78 is 5.12. The Hall–Kier alpha value is -0.990. The Kier molecular flexibility index (Phi) is 1.56. The molecule has 0 bridgehead atoms. The quantitative estimate of drug-likeness (QED) is 0.664. The molecular formula is C8H12N2O. The Balaban J connectivity index is 2.38. The molecule has 0 aromatic carbocycles. The van der Waals surface area contributed by atoms with E-state index in [1.54, 1.807) is 0 Å². The van der Waals surface area contributed by atoms with Gasteiger partial charge in [0.25, 0.3) is 0 Å². The van der Waals surface area contributed by atoms with Gasteiger partial charge in [-0.3, -0.25) is 0 Å². The number of rotatable bonds is 1. The van der Waals surface area contributed by atoms with Crippen molar-refractivity contribution in [2.45, 2.75) is 26.2 Å². The van der Waals surface area contributed by atoms with Crippen LogP contribution >= 0.6 is 0 Å². The second-order valence-corrected chi connectivity index (χ2v) is 2.82. The minimum Gasteiger partial charge on any atom is -0.354 e. The van der Waals surface area contributed by atoms with E-state index in [1.165, 1.54) is 12.0 Å². The molecule has 0 spiro atoms. The number of nitrogens with one attached hydrogen (secondary N) is 1. The Morgan fingerprint density at radius 2 is 2.55 bits per heavy atom. The summed E-state index contributed by atoms with van der Waals surface area (Å²) in [6.45, 7) is 3.12. The molecule has 1 aromatic heterocycles. The highest BCUT2D eigenvalue weighted by molar-refractivity contribution is 5.45. The van der Waals surface area contributed by atoms with Gasteiger partial charge in [-0.2, -0.15) is 0 Å². The van der Waals surface area contributed by atoms with Crippen LogP contribution in [0.5, 0.6) is 0 Å². The molecule has 1 N–H and O–H groups in total. The van der Waals surface area contributed by atoms with E-state index in [1.807, 2.05) is 0 Å². The van der Waals surface area contributed by atoms with Crippen molar-refractivity contribution in [3.8, 4) is 0 Å². The van der Waals surface area contributed by atoms with Gasteiger partial charge in [0.2, 0.25) is 5.88 Å². The number of anilines is 1. The molecule has 0 fully saturated rings. The number of hydrogen-bond acceptors (Lipinski definition) is 3. The van der Waals surface area contributed by atoms with Crippen molar-refractivity contribution in [2.24, 2.45) is 0 Å². The highest BCUT2D eigenvalue weighted by Crippen LogP contribution is 2.24. The van der Waals surface area contributed by atoms with Crippen LogP contribution in [-0.2, 0) is 12.8 Å². The molecule has 0 saturated carbocycles. The van der Waals surface area contributed by atoms with Gasteiger partial charge in [-0.15, -0.1) is 0 Å². The third kappa shape index (κ3) is 1.00. The van der Waals surface area contributed by atoms with Crippen LogP contribution < -0.4 is 5.32 Å². The Morgan fingerprint density at radius 3 is 3.36 bits per heavy atom. The molecule has 0 aliphatic carbocycles. The van der Waals surface area contributed by atoms with Crippen LogP contribution in [0.25, 0.3) is 0 Å². The largest absolute Gasteiger partial charge is 0.354 e. The monoisotopic (exact) mass is 152 g/mol. The average Bonchev–Trinajstić information content (AvgIpc) is 2.47. The first-order chi connectivity index (χ1) is 5.42. The van der Waals surface area contributed by atoms with Crippen molar-refractivity contribution in [2.75, 3.05) is 11.9 Å². The molecule has 3 nitrogen and oxygen atoms in total. The smallest absolute Gasteiger partial charge is 0.228 e. The van der Waals surface area contributed by atoms with Gasteiger partial charge >= 0.3 is 0 Å². The molecule has 0 radical (unpaired) electrons. The lowest BCUT2D eigenvalue weighted by molar-refractivity contribution is 0.422. The molecule has 3 heteroatoms. The molecular weight excluding hydrogens is 140 g/mol. The van der Waals surface area contributed by atoms with Gasteiger partial charge in [-0.25, -0.2) is 0 Å². The van der Waals surface area contributed by atoms with Gasteiger partial charge in [-0.1, -0.05) is 12.1 Å². The Labute approximate surface area is 65.8 Å². The predicted molar refractivity (Wildman–Crippen MR) is 42.7 cm³/mol. The van der Waals surface area contributed by atoms with E-state index < -0.39 is 0 Å². The minimum absolute atomic E-state index is 0.896. The van der Waals surface area contributed by atoms with Crippen LogP contribution in [-0.4, -0.2) is 11.7 Å². The van der Waals surface area contributed by atoms with Crippen LogP contribution in [0.15, 0.2) is 4.52 Å². The minimum atomic E-state index is 0.896. The van der Waals surface area contributed by atoms with Crippen LogP contribution in [0, 0.1) is 0 Å². The molecule has 1 aromatic rings. The van der Waals surface area contributed by atoms with Gasteiger partial charge in [-0.05, 0) is 19.3 Å². The molecule has 2 rings (SSSR count). The van der Waals surface area contributed by atoms with E-state index in [9.17, 15) is 0 Å². The summed E-state index contributed by atoms with van der Waals surface area (Å²) in [5.74, 6) is 0.896. The van der Waals surface area contributed by atoms with E-state index in [0.717, 1.165) is 31.0 Å². The molecule has 1 aliphatic rings. The average molecular weight is 152 g/mol. The first kappa shape index (κ1) is 6.70. The fraction of sp³-hybridized carbons (Fsp3) is 0.625. The van der Waals surface area contributed by atoms with Crippen molar-refractivity contribution < 1.29 is 4.52 Å². The first-order valence-corrected chi connectivity index (χ1v) is 4.13. The summed E-state index contributed by atoms with van der Waals surface area (Å²) in [5, 5.41) is 7.17. The molecule has 0 amide bonds. The van der Waals surface area contributed by atoms with Crippen LogP contribution in [0.2, 0.25) is 0 Å². The van der Waals surface area contributed by atoms with Crippen molar-refractivity contribution >= 4 is 5.88 Å². The zero-order valence-corrected chi connectivity index (χ0v) is 6.68. The first-order valence-electron chi connectivity index (χ1n) is 4.13. The van der Waals surface area contributed by atoms with Gasteiger partial charge in [0.05, 0.1) is 5.69 Å². The SMILES string of the molecule is CCc1noc2c1CCCN2. The second kappa shape index (κ2) is 2.57. The lowest BCUT2D eigenvalue weighted by atomic mass is 10.1. The van der Waals surface area contributed by atoms with Crippen molar-refractivity contribution in [1.29, 1.82) is 0 Å². The van der Waals surface area contributed by atoms with E-state index >= 15 is 0 Å². The molecule has 1 aliphatic heterocycles. The van der Waals surface area contributed by atoms with Crippen molar-refractivity contribution in [3.05, 3.63) is 11.3 Å². The molecule has 11 heavy (non-hydrogen) atoms. The summed E-state index contributed by atoms with van der Waals surface area (Å²) in [5.41, 5.74) is 2.41. The maximum atomic E-state index is 5.12. The summed E-state index contributed by atoms with van der Waals surface area (Å²) >= 11 is 0. The number of aryl methyl sites for hydroxylation is 1. The maximum absolute atomic E-state index is 5.12. The fourth-order valence-corrected chi connectivity index (χ4v) is 1.48. The van der Waals surface area contributed by atoms with E-state index in [-0.39, 0.29) is 0 Å². The normalized spacial score (nSPS) is 15.7. The second-order valence-electron chi connectivity index (χ2n) is 2.82. The topological polar surface area (TPSA) is 38.1 Å².